The Morgan fingerprint density at radius 3 is 3.04 bits per heavy atom. The molecule has 6 nitrogen and oxygen atoms in total. The second-order valence-electron chi connectivity index (χ2n) is 6.87. The van der Waals surface area contributed by atoms with Crippen LogP contribution in [0.5, 0.6) is 0 Å². The Morgan fingerprint density at radius 2 is 2.31 bits per heavy atom. The fraction of sp³-hybridized carbons (Fsp3) is 0.389. The first-order valence-electron chi connectivity index (χ1n) is 8.71. The molecule has 26 heavy (non-hydrogen) atoms. The van der Waals surface area contributed by atoms with E-state index in [2.05, 4.69) is 29.0 Å². The zero-order valence-electron chi connectivity index (χ0n) is 14.5. The van der Waals surface area contributed by atoms with Gasteiger partial charge in [0.15, 0.2) is 5.82 Å². The summed E-state index contributed by atoms with van der Waals surface area (Å²) < 4.78 is 0. The standard InChI is InChI=1S/C18H20N4O2S2/c1-10-4-5-13(26-10)12-9-25-18-15(12)17(24)20-14(21-18)8-22-6-2-3-11(7-22)16(19)23/h4-5,9,11H,2-3,6-8H2,1H3,(H2,19,23)(H,20,21,24)/p+1/t11-/m1/s1. The van der Waals surface area contributed by atoms with E-state index in [1.807, 2.05) is 5.38 Å². The van der Waals surface area contributed by atoms with Gasteiger partial charge < -0.3 is 15.6 Å². The molecule has 4 rings (SSSR count). The number of hydrogen-bond donors (Lipinski definition) is 3. The first-order valence-corrected chi connectivity index (χ1v) is 10.4. The molecule has 0 aliphatic carbocycles. The van der Waals surface area contributed by atoms with E-state index in [0.717, 1.165) is 34.7 Å². The summed E-state index contributed by atoms with van der Waals surface area (Å²) in [6.07, 6.45) is 1.83. The molecule has 1 fully saturated rings. The minimum atomic E-state index is -0.228. The van der Waals surface area contributed by atoms with Gasteiger partial charge in [-0.25, -0.2) is 4.98 Å². The highest BCUT2D eigenvalue weighted by Gasteiger charge is 2.27. The lowest BCUT2D eigenvalue weighted by molar-refractivity contribution is -0.921. The Labute approximate surface area is 158 Å². The summed E-state index contributed by atoms with van der Waals surface area (Å²) in [5.74, 6) is 0.372. The van der Waals surface area contributed by atoms with Crippen molar-refractivity contribution in [2.45, 2.75) is 26.3 Å². The fourth-order valence-corrected chi connectivity index (χ4v) is 5.55. The number of primary amides is 1. The largest absolute Gasteiger partial charge is 0.369 e. The van der Waals surface area contributed by atoms with Crippen molar-refractivity contribution in [2.24, 2.45) is 11.7 Å². The number of carbonyl (C=O) groups is 1. The maximum atomic E-state index is 12.7. The van der Waals surface area contributed by atoms with Crippen LogP contribution in [-0.2, 0) is 11.3 Å². The number of nitrogens with two attached hydrogens (primary N) is 1. The van der Waals surface area contributed by atoms with Crippen molar-refractivity contribution < 1.29 is 9.69 Å². The van der Waals surface area contributed by atoms with E-state index in [0.29, 0.717) is 24.3 Å². The van der Waals surface area contributed by atoms with Crippen LogP contribution < -0.4 is 16.2 Å². The Kier molecular flexibility index (Phi) is 4.64. The van der Waals surface area contributed by atoms with E-state index in [1.54, 1.807) is 11.3 Å². The third-order valence-corrected chi connectivity index (χ3v) is 6.84. The minimum absolute atomic E-state index is 0.0791. The van der Waals surface area contributed by atoms with Gasteiger partial charge in [-0.3, -0.25) is 9.59 Å². The number of thiophene rings is 2. The van der Waals surface area contributed by atoms with Crippen LogP contribution in [0.3, 0.4) is 0 Å². The van der Waals surface area contributed by atoms with Crippen molar-refractivity contribution in [3.63, 3.8) is 0 Å². The number of nitrogens with zero attached hydrogens (tertiary/aromatic N) is 1. The van der Waals surface area contributed by atoms with Gasteiger partial charge in [0.2, 0.25) is 5.91 Å². The zero-order chi connectivity index (χ0) is 18.3. The van der Waals surface area contributed by atoms with Crippen LogP contribution in [0.4, 0.5) is 0 Å². The van der Waals surface area contributed by atoms with Gasteiger partial charge in [0.25, 0.3) is 5.56 Å². The van der Waals surface area contributed by atoms with E-state index >= 15 is 0 Å². The molecule has 1 aliphatic heterocycles. The lowest BCUT2D eigenvalue weighted by atomic mass is 9.97. The molecular formula is C18H21N4O2S2+. The summed E-state index contributed by atoms with van der Waals surface area (Å²) in [4.78, 5) is 36.1. The lowest BCUT2D eigenvalue weighted by Gasteiger charge is -2.27. The van der Waals surface area contributed by atoms with Gasteiger partial charge in [-0.15, -0.1) is 22.7 Å². The van der Waals surface area contributed by atoms with Crippen molar-refractivity contribution in [2.75, 3.05) is 13.1 Å². The number of carbonyl (C=O) groups excluding carboxylic acids is 1. The van der Waals surface area contributed by atoms with Gasteiger partial charge in [-0.2, -0.15) is 0 Å². The number of rotatable bonds is 4. The van der Waals surface area contributed by atoms with Crippen LogP contribution in [-0.4, -0.2) is 29.0 Å². The maximum absolute atomic E-state index is 12.7. The highest BCUT2D eigenvalue weighted by Crippen LogP contribution is 2.34. The summed E-state index contributed by atoms with van der Waals surface area (Å²) >= 11 is 3.19. The molecule has 0 bridgehead atoms. The van der Waals surface area contributed by atoms with E-state index in [1.165, 1.54) is 21.1 Å². The Bertz CT molecular complexity index is 1020. The number of aromatic amines is 1. The molecule has 8 heteroatoms. The molecule has 0 spiro atoms. The van der Waals surface area contributed by atoms with Gasteiger partial charge in [-0.1, -0.05) is 0 Å². The molecule has 136 valence electrons. The van der Waals surface area contributed by atoms with Crippen molar-refractivity contribution in [1.82, 2.24) is 9.97 Å². The third kappa shape index (κ3) is 3.32. The molecule has 1 unspecified atom stereocenters. The summed E-state index contributed by atoms with van der Waals surface area (Å²) in [7, 11) is 0. The molecule has 0 saturated carbocycles. The molecule has 1 amide bonds. The van der Waals surface area contributed by atoms with Gasteiger partial charge >= 0.3 is 0 Å². The summed E-state index contributed by atoms with van der Waals surface area (Å²) in [6, 6.07) is 4.12. The lowest BCUT2D eigenvalue weighted by Crippen LogP contribution is -3.12. The van der Waals surface area contributed by atoms with E-state index in [-0.39, 0.29) is 17.4 Å². The predicted octanol–water partition coefficient (Wildman–Crippen LogP) is 1.30. The SMILES string of the molecule is Cc1ccc(-c2csc3nc(C[NH+]4CCC[C@@H](C(N)=O)C4)[nH]c(=O)c23)s1. The van der Waals surface area contributed by atoms with Crippen molar-refractivity contribution in [1.29, 1.82) is 0 Å². The van der Waals surface area contributed by atoms with Gasteiger partial charge in [0.1, 0.15) is 11.4 Å². The Hall–Kier alpha value is -2.03. The average molecular weight is 390 g/mol. The first-order chi connectivity index (χ1) is 12.5. The summed E-state index contributed by atoms with van der Waals surface area (Å²) in [6.45, 7) is 4.35. The van der Waals surface area contributed by atoms with Crippen LogP contribution in [0.1, 0.15) is 23.5 Å². The highest BCUT2D eigenvalue weighted by molar-refractivity contribution is 7.19. The predicted molar refractivity (Wildman–Crippen MR) is 105 cm³/mol. The number of nitrogens with one attached hydrogen (secondary N) is 2. The molecule has 4 heterocycles. The number of H-pyrrole nitrogens is 1. The number of likely N-dealkylation sites (tertiary alicyclic amines) is 1. The van der Waals surface area contributed by atoms with Gasteiger partial charge in [0, 0.05) is 20.7 Å². The zero-order valence-corrected chi connectivity index (χ0v) is 16.1. The van der Waals surface area contributed by atoms with Crippen LogP contribution in [0.25, 0.3) is 20.7 Å². The minimum Gasteiger partial charge on any atom is -0.369 e. The molecule has 3 aromatic rings. The topological polar surface area (TPSA) is 93.3 Å². The number of hydrogen-bond acceptors (Lipinski definition) is 5. The molecule has 1 aliphatic rings. The van der Waals surface area contributed by atoms with E-state index in [4.69, 9.17) is 5.73 Å². The highest BCUT2D eigenvalue weighted by atomic mass is 32.1. The summed E-state index contributed by atoms with van der Waals surface area (Å²) in [5, 5.41) is 2.68. The van der Waals surface area contributed by atoms with Crippen molar-refractivity contribution in [3.8, 4) is 10.4 Å². The molecule has 2 atom stereocenters. The summed E-state index contributed by atoms with van der Waals surface area (Å²) in [5.41, 5.74) is 6.33. The monoisotopic (exact) mass is 389 g/mol. The second kappa shape index (κ2) is 6.94. The number of quaternary nitrogens is 1. The van der Waals surface area contributed by atoms with Gasteiger partial charge in [-0.05, 0) is 31.9 Å². The normalized spacial score (nSPS) is 20.5. The molecule has 0 radical (unpaired) electrons. The number of fused-ring (bicyclic) bond motifs is 1. The number of aryl methyl sites for hydroxylation is 1. The van der Waals surface area contributed by atoms with Gasteiger partial charge in [0.05, 0.1) is 24.4 Å². The Morgan fingerprint density at radius 1 is 1.46 bits per heavy atom. The van der Waals surface area contributed by atoms with E-state index < -0.39 is 0 Å². The fourth-order valence-electron chi connectivity index (χ4n) is 3.63. The molecule has 4 N–H and O–H groups in total. The quantitative estimate of drug-likeness (QED) is 0.628. The number of aromatic nitrogens is 2. The van der Waals surface area contributed by atoms with Crippen LogP contribution in [0.15, 0.2) is 22.3 Å². The van der Waals surface area contributed by atoms with Crippen LogP contribution >= 0.6 is 22.7 Å². The maximum Gasteiger partial charge on any atom is 0.260 e. The number of amides is 1. The number of piperidine rings is 1. The molecule has 0 aromatic carbocycles. The van der Waals surface area contributed by atoms with E-state index in [9.17, 15) is 9.59 Å². The average Bonchev–Trinajstić information content (AvgIpc) is 3.21. The second-order valence-corrected chi connectivity index (χ2v) is 9.02. The first kappa shape index (κ1) is 17.4. The Balaban J connectivity index is 1.62. The molecule has 1 saturated heterocycles. The smallest absolute Gasteiger partial charge is 0.260 e. The van der Waals surface area contributed by atoms with Crippen LogP contribution in [0.2, 0.25) is 0 Å². The molecular weight excluding hydrogens is 368 g/mol. The van der Waals surface area contributed by atoms with Crippen LogP contribution in [0, 0.1) is 12.8 Å². The third-order valence-electron chi connectivity index (χ3n) is 4.94. The van der Waals surface area contributed by atoms with Crippen molar-refractivity contribution in [3.05, 3.63) is 38.6 Å². The van der Waals surface area contributed by atoms with Crippen molar-refractivity contribution >= 4 is 38.8 Å². The molecule has 3 aromatic heterocycles.